The van der Waals surface area contributed by atoms with E-state index in [1.54, 1.807) is 24.7 Å². The molecule has 1 heterocycles. The van der Waals surface area contributed by atoms with Crippen molar-refractivity contribution in [2.75, 3.05) is 0 Å². The molecule has 0 aliphatic rings. The van der Waals surface area contributed by atoms with Gasteiger partial charge in [-0.1, -0.05) is 0 Å². The molecule has 0 spiro atoms. The molecule has 1 aromatic heterocycles. The number of rotatable bonds is 2. The Morgan fingerprint density at radius 3 is 2.60 bits per heavy atom. The van der Waals surface area contributed by atoms with E-state index in [2.05, 4.69) is 11.9 Å². The molecule has 2 aromatic rings. The van der Waals surface area contributed by atoms with E-state index in [-0.39, 0.29) is 5.83 Å². The number of allylic oxidation sites excluding steroid dienone is 1. The zero-order valence-corrected chi connectivity index (χ0v) is 8.10. The van der Waals surface area contributed by atoms with Gasteiger partial charge in [-0.25, -0.2) is 9.37 Å². The number of benzene rings is 1. The third-order valence-electron chi connectivity index (χ3n) is 2.12. The molecule has 15 heavy (non-hydrogen) atoms. The Kier molecular flexibility index (Phi) is 2.63. The normalized spacial score (nSPS) is 11.7. The van der Waals surface area contributed by atoms with E-state index in [1.165, 1.54) is 6.08 Å². The third-order valence-corrected chi connectivity index (χ3v) is 2.12. The third kappa shape index (κ3) is 1.96. The Morgan fingerprint density at radius 2 is 2.07 bits per heavy atom. The molecule has 2 nitrogen and oxygen atoms in total. The maximum absolute atomic E-state index is 13.1. The van der Waals surface area contributed by atoms with E-state index in [9.17, 15) is 4.39 Å². The summed E-state index contributed by atoms with van der Waals surface area (Å²) in [6, 6.07) is 7.10. The zero-order valence-electron chi connectivity index (χ0n) is 8.10. The van der Waals surface area contributed by atoms with Crippen LogP contribution in [0.1, 0.15) is 5.56 Å². The topological polar surface area (TPSA) is 17.8 Å². The van der Waals surface area contributed by atoms with E-state index < -0.39 is 0 Å². The SMILES string of the molecule is [CH2]/C=C(/F)c1ccc(-n2ccnc2)cc1. The van der Waals surface area contributed by atoms with Crippen LogP contribution < -0.4 is 0 Å². The van der Waals surface area contributed by atoms with Crippen LogP contribution in [0.25, 0.3) is 11.5 Å². The lowest BCUT2D eigenvalue weighted by Crippen LogP contribution is -1.89. The standard InChI is InChI=1S/C12H10FN2/c1-2-12(13)10-3-5-11(6-4-10)15-8-7-14-9-15/h2-9H,1H2/b12-2+. The van der Waals surface area contributed by atoms with Crippen LogP contribution in [0.15, 0.2) is 49.1 Å². The van der Waals surface area contributed by atoms with Gasteiger partial charge in [0.1, 0.15) is 5.83 Å². The first-order valence-electron chi connectivity index (χ1n) is 4.55. The van der Waals surface area contributed by atoms with Crippen molar-refractivity contribution in [3.63, 3.8) is 0 Å². The van der Waals surface area contributed by atoms with Gasteiger partial charge in [-0.15, -0.1) is 0 Å². The maximum atomic E-state index is 13.1. The van der Waals surface area contributed by atoms with Gasteiger partial charge in [-0.05, 0) is 37.3 Å². The van der Waals surface area contributed by atoms with Crippen LogP contribution in [0.3, 0.4) is 0 Å². The van der Waals surface area contributed by atoms with Crippen molar-refractivity contribution in [1.29, 1.82) is 0 Å². The fourth-order valence-corrected chi connectivity index (χ4v) is 1.32. The number of halogens is 1. The van der Waals surface area contributed by atoms with Crippen molar-refractivity contribution < 1.29 is 4.39 Å². The van der Waals surface area contributed by atoms with E-state index in [0.29, 0.717) is 5.56 Å². The van der Waals surface area contributed by atoms with Gasteiger partial charge in [-0.3, -0.25) is 0 Å². The number of aromatic nitrogens is 2. The summed E-state index contributed by atoms with van der Waals surface area (Å²) in [5.41, 5.74) is 1.49. The average Bonchev–Trinajstić information content (AvgIpc) is 2.82. The van der Waals surface area contributed by atoms with Crippen molar-refractivity contribution in [2.24, 2.45) is 0 Å². The van der Waals surface area contributed by atoms with Crippen LogP contribution in [0.4, 0.5) is 4.39 Å². The molecular formula is C12H10FN2. The van der Waals surface area contributed by atoms with Gasteiger partial charge in [0, 0.05) is 23.6 Å². The molecule has 1 radical (unpaired) electrons. The first-order valence-corrected chi connectivity index (χ1v) is 4.55. The lowest BCUT2D eigenvalue weighted by Gasteiger charge is -2.02. The van der Waals surface area contributed by atoms with Crippen LogP contribution in [-0.4, -0.2) is 9.55 Å². The lowest BCUT2D eigenvalue weighted by atomic mass is 10.2. The molecule has 0 bridgehead atoms. The molecule has 0 amide bonds. The molecule has 0 unspecified atom stereocenters. The quantitative estimate of drug-likeness (QED) is 0.730. The van der Waals surface area contributed by atoms with Crippen molar-refractivity contribution in [2.45, 2.75) is 0 Å². The highest BCUT2D eigenvalue weighted by Gasteiger charge is 1.99. The molecule has 0 fully saturated rings. The molecule has 0 saturated heterocycles. The van der Waals surface area contributed by atoms with Crippen LogP contribution in [0, 0.1) is 6.92 Å². The van der Waals surface area contributed by atoms with Gasteiger partial charge in [0.25, 0.3) is 0 Å². The summed E-state index contributed by atoms with van der Waals surface area (Å²) in [5, 5.41) is 0. The predicted molar refractivity (Wildman–Crippen MR) is 58.0 cm³/mol. The molecule has 2 rings (SSSR count). The first kappa shape index (κ1) is 9.65. The van der Waals surface area contributed by atoms with Crippen molar-refractivity contribution in [1.82, 2.24) is 9.55 Å². The lowest BCUT2D eigenvalue weighted by molar-refractivity contribution is 0.760. The minimum absolute atomic E-state index is 0.313. The highest BCUT2D eigenvalue weighted by molar-refractivity contribution is 5.60. The monoisotopic (exact) mass is 201 g/mol. The molecule has 0 aliphatic heterocycles. The summed E-state index contributed by atoms with van der Waals surface area (Å²) in [4.78, 5) is 3.94. The Bertz CT molecular complexity index is 455. The van der Waals surface area contributed by atoms with Crippen LogP contribution in [-0.2, 0) is 0 Å². The Hall–Kier alpha value is -1.90. The molecule has 0 saturated carbocycles. The number of imidazole rings is 1. The van der Waals surface area contributed by atoms with Crippen molar-refractivity contribution in [3.8, 4) is 5.69 Å². The fraction of sp³-hybridized carbons (Fsp3) is 0. The van der Waals surface area contributed by atoms with E-state index in [0.717, 1.165) is 5.69 Å². The molecule has 3 heteroatoms. The number of hydrogen-bond donors (Lipinski definition) is 0. The number of hydrogen-bond acceptors (Lipinski definition) is 1. The Labute approximate surface area is 87.7 Å². The van der Waals surface area contributed by atoms with Gasteiger partial charge >= 0.3 is 0 Å². The highest BCUT2D eigenvalue weighted by atomic mass is 19.1. The van der Waals surface area contributed by atoms with Gasteiger partial charge < -0.3 is 4.57 Å². The van der Waals surface area contributed by atoms with Crippen LogP contribution >= 0.6 is 0 Å². The molecule has 0 aliphatic carbocycles. The fourth-order valence-electron chi connectivity index (χ4n) is 1.32. The molecule has 1 aromatic carbocycles. The molecule has 0 atom stereocenters. The van der Waals surface area contributed by atoms with Crippen LogP contribution in [0.2, 0.25) is 0 Å². The smallest absolute Gasteiger partial charge is 0.126 e. The average molecular weight is 201 g/mol. The second-order valence-corrected chi connectivity index (χ2v) is 3.07. The summed E-state index contributed by atoms with van der Waals surface area (Å²) in [5.74, 6) is -0.313. The second kappa shape index (κ2) is 4.09. The van der Waals surface area contributed by atoms with Gasteiger partial charge in [0.2, 0.25) is 0 Å². The number of nitrogens with zero attached hydrogens (tertiary/aromatic N) is 2. The zero-order chi connectivity index (χ0) is 10.7. The minimum atomic E-state index is -0.313. The summed E-state index contributed by atoms with van der Waals surface area (Å²) < 4.78 is 15.0. The summed E-state index contributed by atoms with van der Waals surface area (Å²) in [7, 11) is 0. The van der Waals surface area contributed by atoms with Crippen molar-refractivity contribution in [3.05, 3.63) is 61.5 Å². The van der Waals surface area contributed by atoms with Gasteiger partial charge in [-0.2, -0.15) is 0 Å². The summed E-state index contributed by atoms with van der Waals surface area (Å²) in [6.07, 6.45) is 6.43. The van der Waals surface area contributed by atoms with E-state index >= 15 is 0 Å². The highest BCUT2D eigenvalue weighted by Crippen LogP contribution is 2.17. The summed E-state index contributed by atoms with van der Waals surface area (Å²) in [6.45, 7) is 3.38. The maximum Gasteiger partial charge on any atom is 0.126 e. The van der Waals surface area contributed by atoms with Crippen molar-refractivity contribution >= 4 is 5.83 Å². The first-order chi connectivity index (χ1) is 7.31. The second-order valence-electron chi connectivity index (χ2n) is 3.07. The van der Waals surface area contributed by atoms with Gasteiger partial charge in [0.05, 0.1) is 6.33 Å². The Morgan fingerprint density at radius 1 is 1.33 bits per heavy atom. The van der Waals surface area contributed by atoms with E-state index in [1.807, 2.05) is 22.9 Å². The molecule has 0 N–H and O–H groups in total. The van der Waals surface area contributed by atoms with E-state index in [4.69, 9.17) is 0 Å². The minimum Gasteiger partial charge on any atom is -0.306 e. The molecule has 75 valence electrons. The largest absolute Gasteiger partial charge is 0.306 e. The Balaban J connectivity index is 2.33. The van der Waals surface area contributed by atoms with Crippen LogP contribution in [0.5, 0.6) is 0 Å². The molecular weight excluding hydrogens is 191 g/mol. The predicted octanol–water partition coefficient (Wildman–Crippen LogP) is 3.02. The summed E-state index contributed by atoms with van der Waals surface area (Å²) >= 11 is 0. The van der Waals surface area contributed by atoms with Gasteiger partial charge in [0.15, 0.2) is 0 Å².